The molecule has 0 bridgehead atoms. The summed E-state index contributed by atoms with van der Waals surface area (Å²) < 4.78 is 2.82. The van der Waals surface area contributed by atoms with Crippen molar-refractivity contribution in [1.82, 2.24) is 15.0 Å². The third-order valence-electron chi connectivity index (χ3n) is 2.28. The van der Waals surface area contributed by atoms with E-state index < -0.39 is 0 Å². The Morgan fingerprint density at radius 3 is 2.88 bits per heavy atom. The van der Waals surface area contributed by atoms with Crippen LogP contribution in [0.4, 0.5) is 5.69 Å². The Labute approximate surface area is 103 Å². The number of anilines is 1. The molecule has 5 heteroatoms. The Balaban J connectivity index is 2.02. The predicted molar refractivity (Wildman–Crippen MR) is 67.2 cm³/mol. The Morgan fingerprint density at radius 2 is 2.25 bits per heavy atom. The van der Waals surface area contributed by atoms with Gasteiger partial charge in [-0.2, -0.15) is 0 Å². The van der Waals surface area contributed by atoms with Crippen LogP contribution in [-0.4, -0.2) is 15.0 Å². The molecule has 1 heterocycles. The number of nitrogens with one attached hydrogen (secondary N) is 1. The smallest absolute Gasteiger partial charge is 0.102 e. The minimum atomic E-state index is 0.689. The zero-order valence-electron chi connectivity index (χ0n) is 9.24. The summed E-state index contributed by atoms with van der Waals surface area (Å²) in [6.07, 6.45) is 1.90. The fraction of sp³-hybridized carbons (Fsp3) is 0.273. The van der Waals surface area contributed by atoms with Crippen molar-refractivity contribution in [2.75, 3.05) is 5.32 Å². The van der Waals surface area contributed by atoms with Crippen molar-refractivity contribution in [3.05, 3.63) is 40.1 Å². The van der Waals surface area contributed by atoms with E-state index in [1.165, 1.54) is 5.56 Å². The summed E-state index contributed by atoms with van der Waals surface area (Å²) in [7, 11) is 1.86. The molecule has 0 saturated heterocycles. The monoisotopic (exact) mass is 280 g/mol. The van der Waals surface area contributed by atoms with Crippen molar-refractivity contribution in [3.63, 3.8) is 0 Å². The van der Waals surface area contributed by atoms with Gasteiger partial charge in [0.2, 0.25) is 0 Å². The van der Waals surface area contributed by atoms with Gasteiger partial charge in [-0.25, -0.2) is 0 Å². The molecule has 0 saturated carbocycles. The summed E-state index contributed by atoms with van der Waals surface area (Å²) >= 11 is 3.48. The minimum absolute atomic E-state index is 0.689. The lowest BCUT2D eigenvalue weighted by Gasteiger charge is -2.06. The highest BCUT2D eigenvalue weighted by atomic mass is 79.9. The van der Waals surface area contributed by atoms with Crippen molar-refractivity contribution < 1.29 is 0 Å². The zero-order valence-corrected chi connectivity index (χ0v) is 10.8. The molecule has 1 aromatic carbocycles. The van der Waals surface area contributed by atoms with E-state index in [2.05, 4.69) is 44.5 Å². The van der Waals surface area contributed by atoms with Gasteiger partial charge in [0.1, 0.15) is 5.69 Å². The number of aromatic nitrogens is 3. The summed E-state index contributed by atoms with van der Waals surface area (Å²) in [6, 6.07) is 6.17. The van der Waals surface area contributed by atoms with Crippen LogP contribution in [0.5, 0.6) is 0 Å². The third-order valence-corrected chi connectivity index (χ3v) is 3.17. The molecule has 0 aliphatic carbocycles. The minimum Gasteiger partial charge on any atom is -0.379 e. The molecular weight excluding hydrogens is 268 g/mol. The van der Waals surface area contributed by atoms with E-state index in [9.17, 15) is 0 Å². The maximum atomic E-state index is 4.01. The average Bonchev–Trinajstić information content (AvgIpc) is 2.66. The van der Waals surface area contributed by atoms with Gasteiger partial charge in [0.25, 0.3) is 0 Å². The van der Waals surface area contributed by atoms with E-state index >= 15 is 0 Å². The maximum absolute atomic E-state index is 4.01. The number of rotatable bonds is 3. The van der Waals surface area contributed by atoms with Crippen LogP contribution < -0.4 is 5.32 Å². The number of hydrogen-bond donors (Lipinski definition) is 1. The quantitative estimate of drug-likeness (QED) is 0.940. The highest BCUT2D eigenvalue weighted by molar-refractivity contribution is 9.10. The Morgan fingerprint density at radius 1 is 1.44 bits per heavy atom. The zero-order chi connectivity index (χ0) is 11.5. The van der Waals surface area contributed by atoms with Gasteiger partial charge in [0.15, 0.2) is 0 Å². The lowest BCUT2D eigenvalue weighted by Crippen LogP contribution is -2.00. The molecule has 16 heavy (non-hydrogen) atoms. The molecule has 2 rings (SSSR count). The standard InChI is InChI=1S/C11H13BrN4/c1-8-5-9(3-4-11(8)12)13-6-10-7-16(2)15-14-10/h3-5,7,13H,6H2,1-2H3. The molecule has 1 aromatic heterocycles. The van der Waals surface area contributed by atoms with Crippen molar-refractivity contribution in [3.8, 4) is 0 Å². The van der Waals surface area contributed by atoms with E-state index in [1.807, 2.05) is 25.4 Å². The second-order valence-corrected chi connectivity index (χ2v) is 4.56. The van der Waals surface area contributed by atoms with Gasteiger partial charge >= 0.3 is 0 Å². The third kappa shape index (κ3) is 2.61. The van der Waals surface area contributed by atoms with Crippen molar-refractivity contribution in [2.24, 2.45) is 7.05 Å². The van der Waals surface area contributed by atoms with Crippen LogP contribution in [0.1, 0.15) is 11.3 Å². The highest BCUT2D eigenvalue weighted by Crippen LogP contribution is 2.20. The second-order valence-electron chi connectivity index (χ2n) is 3.70. The fourth-order valence-electron chi connectivity index (χ4n) is 1.42. The van der Waals surface area contributed by atoms with Crippen LogP contribution in [0.15, 0.2) is 28.9 Å². The van der Waals surface area contributed by atoms with Crippen LogP contribution in [0.25, 0.3) is 0 Å². The van der Waals surface area contributed by atoms with E-state index in [0.29, 0.717) is 6.54 Å². The van der Waals surface area contributed by atoms with Crippen LogP contribution in [-0.2, 0) is 13.6 Å². The van der Waals surface area contributed by atoms with E-state index in [4.69, 9.17) is 0 Å². The number of hydrogen-bond acceptors (Lipinski definition) is 3. The SMILES string of the molecule is Cc1cc(NCc2cn(C)nn2)ccc1Br. The molecule has 2 aromatic rings. The van der Waals surface area contributed by atoms with Crippen molar-refractivity contribution >= 4 is 21.6 Å². The maximum Gasteiger partial charge on any atom is 0.102 e. The van der Waals surface area contributed by atoms with Gasteiger partial charge in [-0.05, 0) is 30.7 Å². The number of nitrogens with zero attached hydrogens (tertiary/aromatic N) is 3. The first-order valence-electron chi connectivity index (χ1n) is 5.00. The van der Waals surface area contributed by atoms with Crippen molar-refractivity contribution in [2.45, 2.75) is 13.5 Å². The molecule has 0 aliphatic rings. The van der Waals surface area contributed by atoms with Gasteiger partial charge in [-0.3, -0.25) is 4.68 Å². The van der Waals surface area contributed by atoms with E-state index in [0.717, 1.165) is 15.9 Å². The topological polar surface area (TPSA) is 42.7 Å². The Kier molecular flexibility index (Phi) is 3.24. The molecule has 0 spiro atoms. The molecule has 4 nitrogen and oxygen atoms in total. The van der Waals surface area contributed by atoms with Gasteiger partial charge in [0, 0.05) is 23.4 Å². The number of halogens is 1. The van der Waals surface area contributed by atoms with Crippen LogP contribution in [0.3, 0.4) is 0 Å². The average molecular weight is 281 g/mol. The number of aryl methyl sites for hydroxylation is 2. The molecule has 0 atom stereocenters. The molecule has 0 aliphatic heterocycles. The molecule has 84 valence electrons. The normalized spacial score (nSPS) is 10.4. The summed E-state index contributed by atoms with van der Waals surface area (Å²) in [6.45, 7) is 2.76. The van der Waals surface area contributed by atoms with Crippen LogP contribution in [0, 0.1) is 6.92 Å². The first kappa shape index (κ1) is 11.1. The molecular formula is C11H13BrN4. The number of benzene rings is 1. The predicted octanol–water partition coefficient (Wildman–Crippen LogP) is 2.50. The first-order chi connectivity index (χ1) is 7.65. The van der Waals surface area contributed by atoms with Crippen LogP contribution >= 0.6 is 15.9 Å². The Hall–Kier alpha value is -1.36. The van der Waals surface area contributed by atoms with Gasteiger partial charge in [0.05, 0.1) is 6.54 Å². The summed E-state index contributed by atoms with van der Waals surface area (Å²) in [5.41, 5.74) is 3.23. The highest BCUT2D eigenvalue weighted by Gasteiger charge is 2.00. The van der Waals surface area contributed by atoms with E-state index in [1.54, 1.807) is 4.68 Å². The van der Waals surface area contributed by atoms with Gasteiger partial charge in [-0.15, -0.1) is 5.10 Å². The van der Waals surface area contributed by atoms with Gasteiger partial charge < -0.3 is 5.32 Å². The first-order valence-corrected chi connectivity index (χ1v) is 5.79. The largest absolute Gasteiger partial charge is 0.379 e. The second kappa shape index (κ2) is 4.65. The summed E-state index contributed by atoms with van der Waals surface area (Å²) in [4.78, 5) is 0. The molecule has 0 unspecified atom stereocenters. The lowest BCUT2D eigenvalue weighted by atomic mass is 10.2. The molecule has 0 fully saturated rings. The Bertz CT molecular complexity index is 492. The van der Waals surface area contributed by atoms with Gasteiger partial charge in [-0.1, -0.05) is 21.1 Å². The van der Waals surface area contributed by atoms with Crippen molar-refractivity contribution in [1.29, 1.82) is 0 Å². The molecule has 1 N–H and O–H groups in total. The molecule has 0 radical (unpaired) electrons. The van der Waals surface area contributed by atoms with Crippen LogP contribution in [0.2, 0.25) is 0 Å². The fourth-order valence-corrected chi connectivity index (χ4v) is 1.67. The lowest BCUT2D eigenvalue weighted by molar-refractivity contribution is 0.713. The summed E-state index contributed by atoms with van der Waals surface area (Å²) in [5.74, 6) is 0. The van der Waals surface area contributed by atoms with E-state index in [-0.39, 0.29) is 0 Å². The molecule has 0 amide bonds. The summed E-state index contributed by atoms with van der Waals surface area (Å²) in [5, 5.41) is 11.2.